The monoisotopic (exact) mass is 497 g/mol. The number of nitrogens with zero attached hydrogens (tertiary/aromatic N) is 2. The lowest BCUT2D eigenvalue weighted by atomic mass is 9.92. The maximum Gasteiger partial charge on any atom is 0.328 e. The maximum absolute atomic E-state index is 13.3. The molecule has 10 nitrogen and oxygen atoms in total. The number of hydrazone groups is 1. The molecule has 0 heterocycles. The first-order chi connectivity index (χ1) is 17.4. The smallest absolute Gasteiger partial charge is 0.328 e. The van der Waals surface area contributed by atoms with Crippen LogP contribution in [0.15, 0.2) is 65.8 Å². The highest BCUT2D eigenvalue weighted by molar-refractivity contribution is 5.85. The fraction of sp³-hybridized carbons (Fsp3) is 0.423. The van der Waals surface area contributed by atoms with Crippen LogP contribution in [0.3, 0.4) is 0 Å². The van der Waals surface area contributed by atoms with Crippen LogP contribution in [-0.4, -0.2) is 42.6 Å². The molecule has 2 aromatic rings. The highest BCUT2D eigenvalue weighted by Gasteiger charge is 2.26. The van der Waals surface area contributed by atoms with Crippen molar-refractivity contribution in [1.29, 1.82) is 0 Å². The van der Waals surface area contributed by atoms with E-state index < -0.39 is 17.0 Å². The van der Waals surface area contributed by atoms with Crippen LogP contribution < -0.4 is 16.4 Å². The number of methoxy groups -OCH3 is 1. The quantitative estimate of drug-likeness (QED) is 0.0855. The summed E-state index contributed by atoms with van der Waals surface area (Å²) in [6.07, 6.45) is 4.74. The molecule has 0 spiro atoms. The van der Waals surface area contributed by atoms with Gasteiger partial charge in [-0.05, 0) is 49.7 Å². The summed E-state index contributed by atoms with van der Waals surface area (Å²) in [5, 5.41) is 17.9. The minimum Gasteiger partial charge on any atom is -0.467 e. The second-order valence-electron chi connectivity index (χ2n) is 8.49. The number of carbonyl (C=O) groups excluding carboxylic acids is 2. The first-order valence-electron chi connectivity index (χ1n) is 12.1. The SMILES string of the molecule is COC(=O)[C@H](CCCNC(N)=N[N+](=O)[O-])NC(=O)C(CCCCc1ccccc1)Cc1ccccc1. The van der Waals surface area contributed by atoms with Gasteiger partial charge in [0.25, 0.3) is 5.96 Å². The molecule has 1 amide bonds. The van der Waals surface area contributed by atoms with Crippen molar-refractivity contribution in [3.05, 3.63) is 81.9 Å². The number of benzene rings is 2. The summed E-state index contributed by atoms with van der Waals surface area (Å²) in [4.78, 5) is 35.9. The molecule has 0 saturated carbocycles. The Morgan fingerprint density at radius 3 is 2.25 bits per heavy atom. The van der Waals surface area contributed by atoms with Crippen LogP contribution in [0.4, 0.5) is 0 Å². The number of nitrogens with one attached hydrogen (secondary N) is 2. The molecule has 0 aromatic heterocycles. The van der Waals surface area contributed by atoms with E-state index in [0.717, 1.165) is 24.8 Å². The molecule has 0 radical (unpaired) electrons. The third-order valence-corrected chi connectivity index (χ3v) is 5.77. The van der Waals surface area contributed by atoms with Gasteiger partial charge >= 0.3 is 5.97 Å². The van der Waals surface area contributed by atoms with E-state index in [2.05, 4.69) is 27.9 Å². The van der Waals surface area contributed by atoms with Crippen LogP contribution >= 0.6 is 0 Å². The highest BCUT2D eigenvalue weighted by Crippen LogP contribution is 2.18. The van der Waals surface area contributed by atoms with Gasteiger partial charge < -0.3 is 21.1 Å². The zero-order valence-corrected chi connectivity index (χ0v) is 20.6. The lowest BCUT2D eigenvalue weighted by molar-refractivity contribution is -0.485. The molecule has 0 aliphatic heterocycles. The average Bonchev–Trinajstić information content (AvgIpc) is 2.87. The number of amides is 1. The number of guanidine groups is 1. The molecule has 0 fully saturated rings. The van der Waals surface area contributed by atoms with Gasteiger partial charge in [0.1, 0.15) is 11.1 Å². The lowest BCUT2D eigenvalue weighted by Crippen LogP contribution is -2.45. The van der Waals surface area contributed by atoms with E-state index in [9.17, 15) is 19.7 Å². The first kappa shape index (κ1) is 28.3. The summed E-state index contributed by atoms with van der Waals surface area (Å²) in [6.45, 7) is 0.249. The van der Waals surface area contributed by atoms with Crippen LogP contribution in [0.2, 0.25) is 0 Å². The number of aryl methyl sites for hydroxylation is 1. The van der Waals surface area contributed by atoms with Crippen molar-refractivity contribution >= 4 is 17.8 Å². The first-order valence-corrected chi connectivity index (χ1v) is 12.1. The van der Waals surface area contributed by atoms with Gasteiger partial charge in [0.2, 0.25) is 5.91 Å². The van der Waals surface area contributed by atoms with E-state index in [1.807, 2.05) is 48.5 Å². The van der Waals surface area contributed by atoms with E-state index in [0.29, 0.717) is 19.3 Å². The number of nitro groups is 1. The number of unbranched alkanes of at least 4 members (excludes halogenated alkanes) is 1. The topological polar surface area (TPSA) is 149 Å². The van der Waals surface area contributed by atoms with E-state index in [-0.39, 0.29) is 30.8 Å². The number of carbonyl (C=O) groups is 2. The Labute approximate surface area is 211 Å². The fourth-order valence-corrected chi connectivity index (χ4v) is 3.92. The molecule has 4 N–H and O–H groups in total. The number of ether oxygens (including phenoxy) is 1. The summed E-state index contributed by atoms with van der Waals surface area (Å²) in [5.41, 5.74) is 7.73. The van der Waals surface area contributed by atoms with Gasteiger partial charge in [-0.3, -0.25) is 4.79 Å². The van der Waals surface area contributed by atoms with Crippen LogP contribution in [-0.2, 0) is 27.2 Å². The van der Waals surface area contributed by atoms with Crippen molar-refractivity contribution in [2.45, 2.75) is 51.0 Å². The molecule has 0 bridgehead atoms. The molecule has 2 atom stereocenters. The Morgan fingerprint density at radius 2 is 1.64 bits per heavy atom. The Hall–Kier alpha value is -3.95. The van der Waals surface area contributed by atoms with Gasteiger partial charge in [0.05, 0.1) is 7.11 Å². The van der Waals surface area contributed by atoms with Gasteiger partial charge in [0, 0.05) is 12.5 Å². The largest absolute Gasteiger partial charge is 0.467 e. The predicted octanol–water partition coefficient (Wildman–Crippen LogP) is 2.79. The third kappa shape index (κ3) is 11.0. The van der Waals surface area contributed by atoms with Crippen molar-refractivity contribution in [3.63, 3.8) is 0 Å². The van der Waals surface area contributed by atoms with Crippen LogP contribution in [0, 0.1) is 16.0 Å². The Balaban J connectivity index is 1.96. The lowest BCUT2D eigenvalue weighted by Gasteiger charge is -2.22. The van der Waals surface area contributed by atoms with Crippen molar-refractivity contribution < 1.29 is 19.4 Å². The van der Waals surface area contributed by atoms with Crippen molar-refractivity contribution in [2.24, 2.45) is 16.8 Å². The number of nitrogens with two attached hydrogens (primary N) is 1. The summed E-state index contributed by atoms with van der Waals surface area (Å²) in [6, 6.07) is 19.2. The van der Waals surface area contributed by atoms with Gasteiger partial charge in [-0.25, -0.2) is 14.9 Å². The minimum absolute atomic E-state index is 0.198. The molecule has 10 heteroatoms. The van der Waals surface area contributed by atoms with Crippen LogP contribution in [0.5, 0.6) is 0 Å². The van der Waals surface area contributed by atoms with E-state index >= 15 is 0 Å². The van der Waals surface area contributed by atoms with E-state index in [4.69, 9.17) is 10.5 Å². The summed E-state index contributed by atoms with van der Waals surface area (Å²) in [5.74, 6) is -1.36. The maximum atomic E-state index is 13.3. The van der Waals surface area contributed by atoms with Gasteiger partial charge in [-0.15, -0.1) is 0 Å². The molecule has 2 rings (SSSR count). The van der Waals surface area contributed by atoms with Gasteiger partial charge in [-0.1, -0.05) is 67.1 Å². The predicted molar refractivity (Wildman–Crippen MR) is 137 cm³/mol. The summed E-state index contributed by atoms with van der Waals surface area (Å²) in [7, 11) is 1.27. The van der Waals surface area contributed by atoms with E-state index in [1.165, 1.54) is 12.7 Å². The molecular formula is C26H35N5O5. The molecule has 1 unspecified atom stereocenters. The number of rotatable bonds is 15. The summed E-state index contributed by atoms with van der Waals surface area (Å²) >= 11 is 0. The zero-order valence-electron chi connectivity index (χ0n) is 20.6. The molecule has 36 heavy (non-hydrogen) atoms. The Kier molecular flexibility index (Phi) is 12.5. The average molecular weight is 498 g/mol. The number of hydrogen-bond acceptors (Lipinski definition) is 5. The number of esters is 1. The Morgan fingerprint density at radius 1 is 1.00 bits per heavy atom. The van der Waals surface area contributed by atoms with Crippen LogP contribution in [0.25, 0.3) is 0 Å². The van der Waals surface area contributed by atoms with Gasteiger partial charge in [0.15, 0.2) is 5.03 Å². The standard InChI is InChI=1S/C26H35N5O5/c1-36-25(33)23(17-10-18-28-26(27)30-31(34)35)29-24(32)22(19-21-14-6-3-7-15-21)16-9-8-13-20-11-4-2-5-12-20/h2-7,11-12,14-15,22-23H,8-10,13,16-19H2,1H3,(H,29,32)(H3,27,28,30)/t22?,23-/m0/s1. The normalized spacial score (nSPS) is 12.9. The van der Waals surface area contributed by atoms with Crippen molar-refractivity contribution in [3.8, 4) is 0 Å². The highest BCUT2D eigenvalue weighted by atomic mass is 16.7. The Bertz CT molecular complexity index is 985. The van der Waals surface area contributed by atoms with Gasteiger partial charge in [-0.2, -0.15) is 0 Å². The number of hydrogen-bond donors (Lipinski definition) is 3. The van der Waals surface area contributed by atoms with Crippen LogP contribution in [0.1, 0.15) is 43.2 Å². The second-order valence-corrected chi connectivity index (χ2v) is 8.49. The summed E-state index contributed by atoms with van der Waals surface area (Å²) < 4.78 is 4.88. The molecule has 194 valence electrons. The zero-order chi connectivity index (χ0) is 26.2. The van der Waals surface area contributed by atoms with Crippen molar-refractivity contribution in [2.75, 3.05) is 13.7 Å². The fourth-order valence-electron chi connectivity index (χ4n) is 3.92. The molecule has 0 saturated heterocycles. The molecule has 0 aliphatic rings. The third-order valence-electron chi connectivity index (χ3n) is 5.77. The van der Waals surface area contributed by atoms with Crippen molar-refractivity contribution in [1.82, 2.24) is 10.6 Å². The van der Waals surface area contributed by atoms with E-state index in [1.54, 1.807) is 0 Å². The minimum atomic E-state index is -0.896. The second kappa shape index (κ2) is 15.9. The molecular weight excluding hydrogens is 462 g/mol. The molecule has 0 aliphatic carbocycles. The molecule has 2 aromatic carbocycles.